The molecule has 44 heavy (non-hydrogen) atoms. The van der Waals surface area contributed by atoms with E-state index < -0.39 is 0 Å². The second-order valence-corrected chi connectivity index (χ2v) is 12.0. The number of piperidine rings is 1. The third-order valence-electron chi connectivity index (χ3n) is 8.94. The average Bonchev–Trinajstić information content (AvgIpc) is 3.51. The topological polar surface area (TPSA) is 71.0 Å². The van der Waals surface area contributed by atoms with E-state index in [9.17, 15) is 9.90 Å². The molecular weight excluding hydrogens is 548 g/mol. The van der Waals surface area contributed by atoms with Crippen LogP contribution in [0.25, 0.3) is 5.57 Å². The Bertz CT molecular complexity index is 1630. The van der Waals surface area contributed by atoms with E-state index in [-0.39, 0.29) is 17.9 Å². The highest BCUT2D eigenvalue weighted by Gasteiger charge is 2.35. The van der Waals surface area contributed by atoms with Gasteiger partial charge in [0.15, 0.2) is 0 Å². The quantitative estimate of drug-likeness (QED) is 0.217. The van der Waals surface area contributed by atoms with Gasteiger partial charge in [0.25, 0.3) is 5.91 Å². The van der Waals surface area contributed by atoms with Crippen molar-refractivity contribution in [1.29, 1.82) is 0 Å². The molecule has 2 N–H and O–H groups in total. The lowest BCUT2D eigenvalue weighted by Gasteiger charge is -2.36. The predicted octanol–water partition coefficient (Wildman–Crippen LogP) is 6.65. The fourth-order valence-corrected chi connectivity index (χ4v) is 6.25. The second kappa shape index (κ2) is 13.1. The first-order valence-corrected chi connectivity index (χ1v) is 15.4. The highest BCUT2D eigenvalue weighted by atomic mass is 16.5. The van der Waals surface area contributed by atoms with Gasteiger partial charge in [0, 0.05) is 30.1 Å². The third kappa shape index (κ3) is 6.28. The molecule has 0 aliphatic carbocycles. The minimum Gasteiger partial charge on any atom is -0.488 e. The highest BCUT2D eigenvalue weighted by molar-refractivity contribution is 5.98. The summed E-state index contributed by atoms with van der Waals surface area (Å²) >= 11 is 0. The third-order valence-corrected chi connectivity index (χ3v) is 8.94. The minimum atomic E-state index is -0.234. The number of allylic oxidation sites excluding steroid dienone is 1. The average molecular weight is 589 g/mol. The molecule has 0 aromatic heterocycles. The molecule has 4 aromatic rings. The number of nitrogens with one attached hydrogen (secondary N) is 1. The lowest BCUT2D eigenvalue weighted by Crippen LogP contribution is -2.42. The van der Waals surface area contributed by atoms with E-state index in [2.05, 4.69) is 30.1 Å². The van der Waals surface area contributed by atoms with Crippen molar-refractivity contribution in [3.8, 4) is 11.5 Å². The number of ether oxygens (including phenoxy) is 2. The van der Waals surface area contributed by atoms with Crippen LogP contribution in [0.5, 0.6) is 11.5 Å². The van der Waals surface area contributed by atoms with Crippen LogP contribution in [-0.2, 0) is 31.7 Å². The number of hydrogen-bond donors (Lipinski definition) is 2. The number of benzene rings is 4. The van der Waals surface area contributed by atoms with Crippen LogP contribution in [0.3, 0.4) is 0 Å². The number of aliphatic hydroxyl groups is 1. The van der Waals surface area contributed by atoms with E-state index >= 15 is 0 Å². The highest BCUT2D eigenvalue weighted by Crippen LogP contribution is 2.38. The summed E-state index contributed by atoms with van der Waals surface area (Å²) in [6.07, 6.45) is 1.80. The van der Waals surface area contributed by atoms with Gasteiger partial charge in [0.1, 0.15) is 24.7 Å². The van der Waals surface area contributed by atoms with Crippen LogP contribution in [-0.4, -0.2) is 35.6 Å². The van der Waals surface area contributed by atoms with Gasteiger partial charge in [0.05, 0.1) is 12.2 Å². The first-order valence-electron chi connectivity index (χ1n) is 15.4. The van der Waals surface area contributed by atoms with Crippen molar-refractivity contribution in [3.05, 3.63) is 137 Å². The Morgan fingerprint density at radius 3 is 2.00 bits per heavy atom. The van der Waals surface area contributed by atoms with E-state index in [0.717, 1.165) is 64.9 Å². The summed E-state index contributed by atoms with van der Waals surface area (Å²) in [5.74, 6) is 1.02. The van der Waals surface area contributed by atoms with Gasteiger partial charge < -0.3 is 24.8 Å². The first-order chi connectivity index (χ1) is 21.5. The van der Waals surface area contributed by atoms with Gasteiger partial charge in [-0.25, -0.2) is 0 Å². The molecule has 0 saturated carbocycles. The zero-order valence-corrected chi connectivity index (χ0v) is 25.4. The molecule has 6 heteroatoms. The molecule has 2 heterocycles. The van der Waals surface area contributed by atoms with Crippen molar-refractivity contribution in [2.75, 3.05) is 19.7 Å². The fraction of sp³-hybridized carbons (Fsp3) is 0.289. The lowest BCUT2D eigenvalue weighted by atomic mass is 9.73. The minimum absolute atomic E-state index is 0.0957. The van der Waals surface area contributed by atoms with Crippen molar-refractivity contribution in [2.45, 2.75) is 51.5 Å². The first kappa shape index (κ1) is 29.7. The summed E-state index contributed by atoms with van der Waals surface area (Å²) in [5, 5.41) is 13.8. The summed E-state index contributed by atoms with van der Waals surface area (Å²) in [7, 11) is 0. The van der Waals surface area contributed by atoms with Gasteiger partial charge in [-0.15, -0.1) is 0 Å². The maximum atomic E-state index is 14.2. The monoisotopic (exact) mass is 588 g/mol. The number of rotatable bonds is 10. The Morgan fingerprint density at radius 2 is 1.41 bits per heavy atom. The van der Waals surface area contributed by atoms with Gasteiger partial charge >= 0.3 is 0 Å². The summed E-state index contributed by atoms with van der Waals surface area (Å²) in [6, 6.07) is 30.1. The summed E-state index contributed by atoms with van der Waals surface area (Å²) < 4.78 is 12.6. The number of fused-ring (bicyclic) bond motifs is 1. The number of amides is 1. The van der Waals surface area contributed by atoms with E-state index in [4.69, 9.17) is 9.47 Å². The molecular formula is C38H40N2O4. The second-order valence-electron chi connectivity index (χ2n) is 12.0. The molecule has 2 aliphatic rings. The number of carbonyl (C=O) groups is 1. The van der Waals surface area contributed by atoms with Crippen molar-refractivity contribution in [3.63, 3.8) is 0 Å². The van der Waals surface area contributed by atoms with Crippen LogP contribution in [0, 0.1) is 0 Å². The summed E-state index contributed by atoms with van der Waals surface area (Å²) in [4.78, 5) is 16.1. The van der Waals surface area contributed by atoms with Crippen LogP contribution in [0.1, 0.15) is 63.5 Å². The van der Waals surface area contributed by atoms with E-state index in [1.165, 1.54) is 0 Å². The summed E-state index contributed by atoms with van der Waals surface area (Å²) in [6.45, 7) is 9.78. The lowest BCUT2D eigenvalue weighted by molar-refractivity contribution is 0.0746. The number of aliphatic hydroxyl groups excluding tert-OH is 1. The Hall–Kier alpha value is -4.39. The molecule has 0 radical (unpaired) electrons. The molecule has 1 amide bonds. The van der Waals surface area contributed by atoms with Crippen molar-refractivity contribution < 1.29 is 19.4 Å². The van der Waals surface area contributed by atoms with Crippen LogP contribution in [0.15, 0.2) is 97.6 Å². The van der Waals surface area contributed by atoms with Gasteiger partial charge in [-0.2, -0.15) is 0 Å². The number of hydrogen-bond acceptors (Lipinski definition) is 5. The zero-order chi connectivity index (χ0) is 30.5. The van der Waals surface area contributed by atoms with Crippen LogP contribution < -0.4 is 14.8 Å². The van der Waals surface area contributed by atoms with Crippen molar-refractivity contribution in [2.24, 2.45) is 0 Å². The predicted molar refractivity (Wildman–Crippen MR) is 174 cm³/mol. The molecule has 0 atom stereocenters. The molecule has 6 rings (SSSR count). The Balaban J connectivity index is 1.30. The SMILES string of the molecule is C=C(C)c1cc(C(=O)N2Cc3ccc(C4(CO)CCNCC4)cc3C2)c(OCc2ccccc2)cc1OCc1ccccc1. The van der Waals surface area contributed by atoms with E-state index in [1.54, 1.807) is 0 Å². The Morgan fingerprint density at radius 1 is 0.818 bits per heavy atom. The van der Waals surface area contributed by atoms with Gasteiger partial charge in [-0.05, 0) is 72.3 Å². The van der Waals surface area contributed by atoms with Crippen molar-refractivity contribution in [1.82, 2.24) is 10.2 Å². The van der Waals surface area contributed by atoms with Crippen LogP contribution in [0.4, 0.5) is 0 Å². The molecule has 0 spiro atoms. The Labute approximate surface area is 260 Å². The van der Waals surface area contributed by atoms with Gasteiger partial charge in [0.2, 0.25) is 0 Å². The smallest absolute Gasteiger partial charge is 0.258 e. The standard InChI is InChI=1S/C38H40N2O4/c1-27(2)33-20-34(36(44-25-29-11-7-4-8-12-29)21-35(33)43-24-28-9-5-3-6-10-28)37(42)40-22-30-13-14-32(19-31(30)23-40)38(26-41)15-17-39-18-16-38/h3-14,19-21,39,41H,1,15-18,22-26H2,2H3. The van der Waals surface area contributed by atoms with E-state index in [1.807, 2.05) is 84.6 Å². The molecule has 4 aromatic carbocycles. The normalized spacial score (nSPS) is 15.5. The molecule has 0 bridgehead atoms. The molecule has 1 saturated heterocycles. The van der Waals surface area contributed by atoms with Crippen LogP contribution >= 0.6 is 0 Å². The molecule has 6 nitrogen and oxygen atoms in total. The fourth-order valence-electron chi connectivity index (χ4n) is 6.25. The number of carbonyl (C=O) groups excluding carboxylic acids is 1. The van der Waals surface area contributed by atoms with Gasteiger partial charge in [-0.1, -0.05) is 85.4 Å². The molecule has 2 aliphatic heterocycles. The number of nitrogens with zero attached hydrogens (tertiary/aromatic N) is 1. The van der Waals surface area contributed by atoms with Crippen molar-refractivity contribution >= 4 is 11.5 Å². The van der Waals surface area contributed by atoms with Crippen LogP contribution in [0.2, 0.25) is 0 Å². The maximum absolute atomic E-state index is 14.2. The summed E-state index contributed by atoms with van der Waals surface area (Å²) in [5.41, 5.74) is 7.34. The molecule has 0 unspecified atom stereocenters. The Kier molecular flexibility index (Phi) is 8.82. The molecule has 1 fully saturated rings. The molecule has 226 valence electrons. The zero-order valence-electron chi connectivity index (χ0n) is 25.4. The maximum Gasteiger partial charge on any atom is 0.258 e. The van der Waals surface area contributed by atoms with Gasteiger partial charge in [-0.3, -0.25) is 4.79 Å². The largest absolute Gasteiger partial charge is 0.488 e. The van der Waals surface area contributed by atoms with E-state index in [0.29, 0.717) is 43.4 Å².